The fourth-order valence-electron chi connectivity index (χ4n) is 3.03. The van der Waals surface area contributed by atoms with Gasteiger partial charge in [-0.3, -0.25) is 4.79 Å². The van der Waals surface area contributed by atoms with Gasteiger partial charge in [-0.25, -0.2) is 12.4 Å². The van der Waals surface area contributed by atoms with Crippen molar-refractivity contribution in [1.82, 2.24) is 3.97 Å². The van der Waals surface area contributed by atoms with Crippen molar-refractivity contribution in [3.63, 3.8) is 0 Å². The second-order valence-electron chi connectivity index (χ2n) is 6.57. The number of ketones is 1. The van der Waals surface area contributed by atoms with Crippen LogP contribution in [-0.2, 0) is 10.0 Å². The third kappa shape index (κ3) is 3.89. The molecule has 1 heterocycles. The number of carbonyl (C=O) groups is 1. The fraction of sp³-hybridized carbons (Fsp3) is 0.238. The Balaban J connectivity index is 2.17. The molecule has 0 bridgehead atoms. The van der Waals surface area contributed by atoms with Crippen LogP contribution in [-0.4, -0.2) is 23.5 Å². The second kappa shape index (κ2) is 8.29. The number of nitriles is 1. The molecule has 0 atom stereocenters. The van der Waals surface area contributed by atoms with Gasteiger partial charge in [0.05, 0.1) is 22.0 Å². The number of benzene rings is 2. The molecule has 0 unspecified atom stereocenters. The Bertz CT molecular complexity index is 1170. The van der Waals surface area contributed by atoms with Crippen LogP contribution in [0.1, 0.15) is 40.7 Å². The van der Waals surface area contributed by atoms with Crippen molar-refractivity contribution in [3.8, 4) is 6.07 Å². The SMILES string of the molecule is Cc1ccc(S(=O)(=O)n2cc(C(=O)CCCCBr)c3cc(C#N)ccc32)cc1. The van der Waals surface area contributed by atoms with Gasteiger partial charge in [-0.1, -0.05) is 33.6 Å². The van der Waals surface area contributed by atoms with E-state index in [2.05, 4.69) is 15.9 Å². The molecule has 0 aliphatic carbocycles. The summed E-state index contributed by atoms with van der Waals surface area (Å²) >= 11 is 3.34. The quantitative estimate of drug-likeness (QED) is 0.289. The van der Waals surface area contributed by atoms with Gasteiger partial charge < -0.3 is 0 Å². The molecule has 5 nitrogen and oxygen atoms in total. The van der Waals surface area contributed by atoms with E-state index in [-0.39, 0.29) is 10.7 Å². The van der Waals surface area contributed by atoms with Gasteiger partial charge in [0.1, 0.15) is 0 Å². The standard InChI is InChI=1S/C21H19BrN2O3S/c1-15-5-8-17(9-6-15)28(26,27)24-14-19(21(25)4-2-3-11-22)18-12-16(13-23)7-10-20(18)24/h5-10,12,14H,2-4,11H2,1H3. The number of rotatable bonds is 7. The maximum absolute atomic E-state index is 13.2. The highest BCUT2D eigenvalue weighted by Gasteiger charge is 2.23. The third-order valence-electron chi connectivity index (χ3n) is 4.57. The fourth-order valence-corrected chi connectivity index (χ4v) is 4.80. The van der Waals surface area contributed by atoms with Crippen molar-refractivity contribution in [2.75, 3.05) is 5.33 Å². The number of Topliss-reactive ketones (excluding diaryl/α,β-unsaturated/α-hetero) is 1. The summed E-state index contributed by atoms with van der Waals surface area (Å²) in [6, 6.07) is 13.3. The van der Waals surface area contributed by atoms with Crippen LogP contribution in [0.4, 0.5) is 0 Å². The van der Waals surface area contributed by atoms with Crippen LogP contribution < -0.4 is 0 Å². The predicted octanol–water partition coefficient (Wildman–Crippen LogP) is 4.81. The highest BCUT2D eigenvalue weighted by molar-refractivity contribution is 9.09. The number of halogens is 1. The number of fused-ring (bicyclic) bond motifs is 1. The summed E-state index contributed by atoms with van der Waals surface area (Å²) in [4.78, 5) is 12.9. The highest BCUT2D eigenvalue weighted by Crippen LogP contribution is 2.28. The molecule has 0 N–H and O–H groups in total. The van der Waals surface area contributed by atoms with Crippen molar-refractivity contribution in [2.45, 2.75) is 31.1 Å². The van der Waals surface area contributed by atoms with E-state index in [1.54, 1.807) is 42.5 Å². The molecule has 0 amide bonds. The number of alkyl halides is 1. The molecular weight excluding hydrogens is 440 g/mol. The van der Waals surface area contributed by atoms with Gasteiger partial charge >= 0.3 is 0 Å². The molecular formula is C21H19BrN2O3S. The third-order valence-corrected chi connectivity index (χ3v) is 6.81. The summed E-state index contributed by atoms with van der Waals surface area (Å²) in [7, 11) is -3.87. The van der Waals surface area contributed by atoms with Gasteiger partial charge in [0.15, 0.2) is 5.78 Å². The zero-order valence-corrected chi connectivity index (χ0v) is 17.8. The predicted molar refractivity (Wildman–Crippen MR) is 112 cm³/mol. The summed E-state index contributed by atoms with van der Waals surface area (Å²) in [6.45, 7) is 1.88. The van der Waals surface area contributed by atoms with Crippen LogP contribution in [0.5, 0.6) is 0 Å². The Morgan fingerprint density at radius 1 is 1.14 bits per heavy atom. The van der Waals surface area contributed by atoms with Gasteiger partial charge in [0.2, 0.25) is 0 Å². The van der Waals surface area contributed by atoms with E-state index < -0.39 is 10.0 Å². The molecule has 0 aliphatic heterocycles. The number of carbonyl (C=O) groups excluding carboxylic acids is 1. The summed E-state index contributed by atoms with van der Waals surface area (Å²) in [5.74, 6) is -0.126. The monoisotopic (exact) mass is 458 g/mol. The molecule has 3 rings (SSSR count). The van der Waals surface area contributed by atoms with Gasteiger partial charge in [0.25, 0.3) is 10.0 Å². The van der Waals surface area contributed by atoms with Crippen LogP contribution in [0.15, 0.2) is 53.6 Å². The Hall–Kier alpha value is -2.43. The molecule has 28 heavy (non-hydrogen) atoms. The first-order valence-electron chi connectivity index (χ1n) is 8.85. The Labute approximate surface area is 172 Å². The number of aromatic nitrogens is 1. The topological polar surface area (TPSA) is 79.9 Å². The Morgan fingerprint density at radius 2 is 1.86 bits per heavy atom. The number of hydrogen-bond acceptors (Lipinski definition) is 4. The maximum Gasteiger partial charge on any atom is 0.268 e. The molecule has 0 fully saturated rings. The molecule has 0 saturated carbocycles. The van der Waals surface area contributed by atoms with Crippen molar-refractivity contribution in [3.05, 3.63) is 65.4 Å². The summed E-state index contributed by atoms with van der Waals surface area (Å²) in [5, 5.41) is 10.5. The zero-order valence-electron chi connectivity index (χ0n) is 15.4. The second-order valence-corrected chi connectivity index (χ2v) is 9.18. The van der Waals surface area contributed by atoms with Crippen molar-refractivity contribution in [2.24, 2.45) is 0 Å². The first-order valence-corrected chi connectivity index (χ1v) is 11.4. The molecule has 7 heteroatoms. The van der Waals surface area contributed by atoms with E-state index in [9.17, 15) is 18.5 Å². The van der Waals surface area contributed by atoms with E-state index in [0.717, 1.165) is 21.3 Å². The molecule has 3 aromatic rings. The minimum Gasteiger partial charge on any atom is -0.294 e. The normalized spacial score (nSPS) is 11.5. The van der Waals surface area contributed by atoms with Gasteiger partial charge in [-0.15, -0.1) is 0 Å². The average Bonchev–Trinajstić information content (AvgIpc) is 3.08. The molecule has 1 aromatic heterocycles. The lowest BCUT2D eigenvalue weighted by Crippen LogP contribution is -2.12. The largest absolute Gasteiger partial charge is 0.294 e. The van der Waals surface area contributed by atoms with E-state index in [4.69, 9.17) is 0 Å². The van der Waals surface area contributed by atoms with E-state index in [1.807, 2.05) is 13.0 Å². The van der Waals surface area contributed by atoms with Crippen LogP contribution in [0, 0.1) is 18.3 Å². The van der Waals surface area contributed by atoms with E-state index in [0.29, 0.717) is 34.9 Å². The van der Waals surface area contributed by atoms with Crippen molar-refractivity contribution in [1.29, 1.82) is 5.26 Å². The van der Waals surface area contributed by atoms with Crippen LogP contribution in [0.25, 0.3) is 10.9 Å². The average molecular weight is 459 g/mol. The smallest absolute Gasteiger partial charge is 0.268 e. The maximum atomic E-state index is 13.2. The minimum atomic E-state index is -3.87. The van der Waals surface area contributed by atoms with Crippen molar-refractivity contribution < 1.29 is 13.2 Å². The van der Waals surface area contributed by atoms with Crippen LogP contribution in [0.2, 0.25) is 0 Å². The Kier molecular flexibility index (Phi) is 6.01. The lowest BCUT2D eigenvalue weighted by molar-refractivity contribution is 0.0981. The molecule has 0 spiro atoms. The summed E-state index contributed by atoms with van der Waals surface area (Å²) in [5.41, 5.74) is 2.06. The molecule has 144 valence electrons. The number of unbranched alkanes of at least 4 members (excludes halogenated alkanes) is 1. The zero-order chi connectivity index (χ0) is 20.3. The van der Waals surface area contributed by atoms with Crippen molar-refractivity contribution >= 4 is 42.6 Å². The Morgan fingerprint density at radius 3 is 2.50 bits per heavy atom. The first kappa shape index (κ1) is 20.3. The molecule has 2 aromatic carbocycles. The van der Waals surface area contributed by atoms with E-state index in [1.165, 1.54) is 6.20 Å². The van der Waals surface area contributed by atoms with Crippen LogP contribution >= 0.6 is 15.9 Å². The number of hydrogen-bond donors (Lipinski definition) is 0. The molecule has 0 aliphatic rings. The van der Waals surface area contributed by atoms with Gasteiger partial charge in [-0.05, 0) is 50.1 Å². The van der Waals surface area contributed by atoms with Gasteiger partial charge in [0, 0.05) is 28.9 Å². The number of nitrogens with zero attached hydrogens (tertiary/aromatic N) is 2. The first-order chi connectivity index (χ1) is 13.4. The summed E-state index contributed by atoms with van der Waals surface area (Å²) in [6.07, 6.45) is 3.28. The molecule has 0 saturated heterocycles. The van der Waals surface area contributed by atoms with Crippen LogP contribution in [0.3, 0.4) is 0 Å². The summed E-state index contributed by atoms with van der Waals surface area (Å²) < 4.78 is 27.5. The van der Waals surface area contributed by atoms with E-state index >= 15 is 0 Å². The highest BCUT2D eigenvalue weighted by atomic mass is 79.9. The lowest BCUT2D eigenvalue weighted by Gasteiger charge is -2.08. The molecule has 0 radical (unpaired) electrons. The minimum absolute atomic E-state index is 0.126. The number of aryl methyl sites for hydroxylation is 1. The lowest BCUT2D eigenvalue weighted by atomic mass is 10.0. The van der Waals surface area contributed by atoms with Gasteiger partial charge in [-0.2, -0.15) is 5.26 Å².